The first-order valence-electron chi connectivity index (χ1n) is 7.36. The van der Waals surface area contributed by atoms with E-state index in [-0.39, 0.29) is 11.2 Å². The molecule has 0 aliphatic rings. The van der Waals surface area contributed by atoms with Gasteiger partial charge in [0.1, 0.15) is 5.76 Å². The molecule has 1 unspecified atom stereocenters. The Hall–Kier alpha value is -1.59. The number of furan rings is 1. The van der Waals surface area contributed by atoms with Crippen LogP contribution in [0.4, 0.5) is 0 Å². The van der Waals surface area contributed by atoms with Gasteiger partial charge >= 0.3 is 0 Å². The van der Waals surface area contributed by atoms with Crippen LogP contribution in [0.2, 0.25) is 0 Å². The first kappa shape index (κ1) is 16.8. The topological polar surface area (TPSA) is 59.5 Å². The zero-order valence-corrected chi connectivity index (χ0v) is 14.7. The zero-order chi connectivity index (χ0) is 16.5. The fourth-order valence-corrected chi connectivity index (χ4v) is 3.30. The van der Waals surface area contributed by atoms with Crippen LogP contribution in [0.25, 0.3) is 0 Å². The third-order valence-electron chi connectivity index (χ3n) is 3.77. The Balaban J connectivity index is 2.26. The molecular weight excluding hydrogens is 296 g/mol. The number of carbonyl (C=O) groups is 1. The third kappa shape index (κ3) is 3.59. The number of nitrogens with zero attached hydrogens (tertiary/aromatic N) is 1. The predicted molar refractivity (Wildman–Crippen MR) is 90.1 cm³/mol. The first-order chi connectivity index (χ1) is 10.2. The van der Waals surface area contributed by atoms with Crippen LogP contribution in [0.1, 0.15) is 60.5 Å². The second-order valence-electron chi connectivity index (χ2n) is 6.69. The van der Waals surface area contributed by atoms with Crippen molar-refractivity contribution in [1.29, 1.82) is 0 Å². The lowest BCUT2D eigenvalue weighted by atomic mass is 9.90. The van der Waals surface area contributed by atoms with Gasteiger partial charge in [0.25, 0.3) is 5.91 Å². The lowest BCUT2D eigenvalue weighted by molar-refractivity contribution is 0.0970. The van der Waals surface area contributed by atoms with E-state index in [9.17, 15) is 4.79 Å². The van der Waals surface area contributed by atoms with Gasteiger partial charge in [-0.15, -0.1) is 11.3 Å². The van der Waals surface area contributed by atoms with E-state index in [2.05, 4.69) is 57.2 Å². The molecule has 120 valence electrons. The van der Waals surface area contributed by atoms with Crippen molar-refractivity contribution in [3.8, 4) is 0 Å². The van der Waals surface area contributed by atoms with Gasteiger partial charge in [0, 0.05) is 28.4 Å². The van der Waals surface area contributed by atoms with Crippen LogP contribution < -0.4 is 5.73 Å². The molecule has 1 amide bonds. The number of amides is 1. The number of carbonyl (C=O) groups excluding carboxylic acids is 1. The standard InChI is InChI=1S/C17H24N2O2S/c1-11(14-7-6-8-22-14)19(5)10-12-9-13(16(18)20)21-15(12)17(2,3)4/h6-9,11H,10H2,1-5H3,(H2,18,20). The molecule has 0 spiro atoms. The van der Waals surface area contributed by atoms with Crippen LogP contribution in [0.3, 0.4) is 0 Å². The highest BCUT2D eigenvalue weighted by Gasteiger charge is 2.26. The minimum absolute atomic E-state index is 0.171. The summed E-state index contributed by atoms with van der Waals surface area (Å²) >= 11 is 1.75. The van der Waals surface area contributed by atoms with E-state index in [1.807, 2.05) is 0 Å². The molecule has 0 radical (unpaired) electrons. The van der Waals surface area contributed by atoms with E-state index in [1.165, 1.54) is 4.88 Å². The van der Waals surface area contributed by atoms with Crippen LogP contribution in [0.15, 0.2) is 28.0 Å². The van der Waals surface area contributed by atoms with Gasteiger partial charge < -0.3 is 10.2 Å². The van der Waals surface area contributed by atoms with E-state index in [0.29, 0.717) is 12.6 Å². The van der Waals surface area contributed by atoms with Gasteiger partial charge in [-0.05, 0) is 31.5 Å². The lowest BCUT2D eigenvalue weighted by Gasteiger charge is -2.25. The van der Waals surface area contributed by atoms with Crippen molar-refractivity contribution in [3.05, 3.63) is 45.5 Å². The SMILES string of the molecule is CC(c1cccs1)N(C)Cc1cc(C(N)=O)oc1C(C)(C)C. The van der Waals surface area contributed by atoms with Crippen molar-refractivity contribution < 1.29 is 9.21 Å². The number of nitrogens with two attached hydrogens (primary N) is 1. The van der Waals surface area contributed by atoms with Crippen LogP contribution in [-0.4, -0.2) is 17.9 Å². The van der Waals surface area contributed by atoms with Gasteiger partial charge in [-0.25, -0.2) is 0 Å². The van der Waals surface area contributed by atoms with Gasteiger partial charge in [-0.1, -0.05) is 26.8 Å². The summed E-state index contributed by atoms with van der Waals surface area (Å²) in [7, 11) is 2.08. The van der Waals surface area contributed by atoms with Gasteiger partial charge in [-0.2, -0.15) is 0 Å². The molecular formula is C17H24N2O2S. The monoisotopic (exact) mass is 320 g/mol. The van der Waals surface area contributed by atoms with Gasteiger partial charge in [0.2, 0.25) is 0 Å². The first-order valence-corrected chi connectivity index (χ1v) is 8.24. The Morgan fingerprint density at radius 3 is 2.64 bits per heavy atom. The Bertz CT molecular complexity index is 638. The second kappa shape index (κ2) is 6.26. The number of hydrogen-bond donors (Lipinski definition) is 1. The maximum Gasteiger partial charge on any atom is 0.284 e. The summed E-state index contributed by atoms with van der Waals surface area (Å²) in [5.41, 5.74) is 6.21. The fraction of sp³-hybridized carbons (Fsp3) is 0.471. The van der Waals surface area contributed by atoms with Gasteiger partial charge in [0.05, 0.1) is 0 Å². The molecule has 0 bridgehead atoms. The quantitative estimate of drug-likeness (QED) is 0.908. The highest BCUT2D eigenvalue weighted by Crippen LogP contribution is 2.32. The van der Waals surface area contributed by atoms with Crippen LogP contribution >= 0.6 is 11.3 Å². The maximum absolute atomic E-state index is 11.4. The predicted octanol–water partition coefficient (Wildman–Crippen LogP) is 3.93. The minimum Gasteiger partial charge on any atom is -0.455 e. The summed E-state index contributed by atoms with van der Waals surface area (Å²) < 4.78 is 5.71. The average molecular weight is 320 g/mol. The fourth-order valence-electron chi connectivity index (χ4n) is 2.45. The number of rotatable bonds is 5. The summed E-state index contributed by atoms with van der Waals surface area (Å²) in [6.45, 7) is 9.11. The Labute approximate surface area is 135 Å². The molecule has 0 aromatic carbocycles. The van der Waals surface area contributed by atoms with Gasteiger partial charge in [-0.3, -0.25) is 9.69 Å². The molecule has 2 heterocycles. The molecule has 0 aliphatic carbocycles. The van der Waals surface area contributed by atoms with Crippen molar-refractivity contribution >= 4 is 17.2 Å². The Kier molecular flexibility index (Phi) is 4.78. The molecule has 2 rings (SSSR count). The van der Waals surface area contributed by atoms with E-state index in [4.69, 9.17) is 10.2 Å². The molecule has 0 saturated carbocycles. The highest BCUT2D eigenvalue weighted by atomic mass is 32.1. The molecule has 0 aliphatic heterocycles. The minimum atomic E-state index is -0.522. The number of hydrogen-bond acceptors (Lipinski definition) is 4. The normalized spacial score (nSPS) is 13.5. The summed E-state index contributed by atoms with van der Waals surface area (Å²) in [4.78, 5) is 15.0. The molecule has 2 aromatic rings. The summed E-state index contributed by atoms with van der Waals surface area (Å²) in [6.07, 6.45) is 0. The lowest BCUT2D eigenvalue weighted by Crippen LogP contribution is -2.23. The van der Waals surface area contributed by atoms with Crippen molar-refractivity contribution in [2.24, 2.45) is 5.73 Å². The molecule has 0 fully saturated rings. The summed E-state index contributed by atoms with van der Waals surface area (Å²) in [5, 5.41) is 2.09. The highest BCUT2D eigenvalue weighted by molar-refractivity contribution is 7.10. The summed E-state index contributed by atoms with van der Waals surface area (Å²) in [6, 6.07) is 6.29. The molecule has 2 N–H and O–H groups in total. The van der Waals surface area contributed by atoms with E-state index in [0.717, 1.165) is 11.3 Å². The van der Waals surface area contributed by atoms with Crippen LogP contribution in [0, 0.1) is 0 Å². The van der Waals surface area contributed by atoms with Crippen molar-refractivity contribution in [2.75, 3.05) is 7.05 Å². The zero-order valence-electron chi connectivity index (χ0n) is 13.8. The van der Waals surface area contributed by atoms with E-state index < -0.39 is 5.91 Å². The molecule has 4 nitrogen and oxygen atoms in total. The van der Waals surface area contributed by atoms with E-state index in [1.54, 1.807) is 17.4 Å². The van der Waals surface area contributed by atoms with Crippen molar-refractivity contribution in [2.45, 2.75) is 45.7 Å². The Morgan fingerprint density at radius 1 is 1.45 bits per heavy atom. The molecule has 2 aromatic heterocycles. The molecule has 22 heavy (non-hydrogen) atoms. The Morgan fingerprint density at radius 2 is 2.14 bits per heavy atom. The molecule has 0 saturated heterocycles. The van der Waals surface area contributed by atoms with Crippen molar-refractivity contribution in [1.82, 2.24) is 4.90 Å². The average Bonchev–Trinajstić information content (AvgIpc) is 3.05. The van der Waals surface area contributed by atoms with Gasteiger partial charge in [0.15, 0.2) is 5.76 Å². The van der Waals surface area contributed by atoms with Crippen molar-refractivity contribution in [3.63, 3.8) is 0 Å². The molecule has 5 heteroatoms. The second-order valence-corrected chi connectivity index (χ2v) is 7.67. The number of primary amides is 1. The third-order valence-corrected chi connectivity index (χ3v) is 4.81. The summed E-state index contributed by atoms with van der Waals surface area (Å²) in [5.74, 6) is 0.536. The van der Waals surface area contributed by atoms with Crippen LogP contribution in [0.5, 0.6) is 0 Å². The largest absolute Gasteiger partial charge is 0.455 e. The number of thiophene rings is 1. The molecule has 1 atom stereocenters. The van der Waals surface area contributed by atoms with E-state index >= 15 is 0 Å². The smallest absolute Gasteiger partial charge is 0.284 e. The maximum atomic E-state index is 11.4. The van der Waals surface area contributed by atoms with Crippen LogP contribution in [-0.2, 0) is 12.0 Å².